The number of hydrogen-bond acceptors (Lipinski definition) is 9. The Morgan fingerprint density at radius 2 is 1.90 bits per heavy atom. The van der Waals surface area contributed by atoms with Crippen LogP contribution in [0.25, 0.3) is 0 Å². The Balaban J connectivity index is 1.62. The van der Waals surface area contributed by atoms with Gasteiger partial charge in [-0.15, -0.1) is 0 Å². The quantitative estimate of drug-likeness (QED) is 0.373. The van der Waals surface area contributed by atoms with Crippen LogP contribution in [0.15, 0.2) is 48.6 Å². The fourth-order valence-electron chi connectivity index (χ4n) is 6.81. The van der Waals surface area contributed by atoms with Gasteiger partial charge in [-0.25, -0.2) is 9.52 Å². The second kappa shape index (κ2) is 16.3. The van der Waals surface area contributed by atoms with E-state index < -0.39 is 52.7 Å². The second-order valence-corrected chi connectivity index (χ2v) is 16.1. The van der Waals surface area contributed by atoms with Crippen molar-refractivity contribution in [2.45, 2.75) is 63.3 Å². The minimum Gasteiger partial charge on any atom is -0.487 e. The fourth-order valence-corrected chi connectivity index (χ4v) is 7.59. The molecule has 278 valence electrons. The lowest BCUT2D eigenvalue weighted by Crippen LogP contribution is -2.51. The summed E-state index contributed by atoms with van der Waals surface area (Å²) in [7, 11) is -0.294. The molecular formula is C36H47ClN4O9S. The van der Waals surface area contributed by atoms with Crippen LogP contribution in [0.5, 0.6) is 5.75 Å². The van der Waals surface area contributed by atoms with Crippen LogP contribution in [0.4, 0.5) is 5.69 Å². The Kier molecular flexibility index (Phi) is 12.3. The summed E-state index contributed by atoms with van der Waals surface area (Å²) in [5, 5.41) is 22.2. The third-order valence-corrected chi connectivity index (χ3v) is 11.7. The van der Waals surface area contributed by atoms with Crippen molar-refractivity contribution in [2.75, 3.05) is 52.3 Å². The van der Waals surface area contributed by atoms with E-state index in [0.29, 0.717) is 36.0 Å². The molecule has 2 heterocycles. The average Bonchev–Trinajstić information content (AvgIpc) is 3.09. The van der Waals surface area contributed by atoms with Gasteiger partial charge in [0.2, 0.25) is 5.91 Å². The minimum atomic E-state index is -4.32. The zero-order valence-electron chi connectivity index (χ0n) is 29.2. The number of benzene rings is 2. The molecule has 0 saturated heterocycles. The molecule has 15 heteroatoms. The number of anilines is 1. The molecule has 0 radical (unpaired) electrons. The van der Waals surface area contributed by atoms with Gasteiger partial charge in [0.25, 0.3) is 5.91 Å². The molecule has 3 N–H and O–H groups in total. The minimum absolute atomic E-state index is 0.0314. The van der Waals surface area contributed by atoms with Crippen LogP contribution in [0, 0.1) is 11.8 Å². The summed E-state index contributed by atoms with van der Waals surface area (Å²) in [6, 6.07) is 10.4. The van der Waals surface area contributed by atoms with Crippen molar-refractivity contribution < 1.29 is 42.5 Å². The first kappa shape index (κ1) is 38.5. The van der Waals surface area contributed by atoms with Gasteiger partial charge in [-0.1, -0.05) is 35.9 Å². The maximum Gasteiger partial charge on any atom is 0.329 e. The number of aryl methyl sites for hydroxylation is 1. The summed E-state index contributed by atoms with van der Waals surface area (Å²) in [4.78, 5) is 42.4. The number of carbonyl (C=O) groups is 3. The zero-order chi connectivity index (χ0) is 36.9. The normalized spacial score (nSPS) is 25.4. The van der Waals surface area contributed by atoms with Crippen molar-refractivity contribution >= 4 is 45.3 Å². The van der Waals surface area contributed by atoms with Gasteiger partial charge in [0.05, 0.1) is 18.2 Å². The molecule has 0 aromatic heterocycles. The lowest BCUT2D eigenvalue weighted by molar-refractivity contribution is -0.148. The predicted molar refractivity (Wildman–Crippen MR) is 192 cm³/mol. The van der Waals surface area contributed by atoms with E-state index in [9.17, 15) is 33.0 Å². The molecule has 1 saturated carbocycles. The maximum atomic E-state index is 13.8. The van der Waals surface area contributed by atoms with Crippen LogP contribution in [-0.2, 0) is 48.0 Å². The summed E-state index contributed by atoms with van der Waals surface area (Å²) < 4.78 is 40.7. The third-order valence-electron chi connectivity index (χ3n) is 10.1. The predicted octanol–water partition coefficient (Wildman–Crippen LogP) is 3.48. The Morgan fingerprint density at radius 1 is 1.12 bits per heavy atom. The van der Waals surface area contributed by atoms with E-state index in [1.165, 1.54) is 32.1 Å². The summed E-state index contributed by atoms with van der Waals surface area (Å²) in [6.45, 7) is 1.14. The number of carboxylic acids is 1. The molecule has 5 rings (SSSR count). The van der Waals surface area contributed by atoms with E-state index in [1.807, 2.05) is 35.1 Å². The summed E-state index contributed by atoms with van der Waals surface area (Å²) >= 11 is 6.34. The van der Waals surface area contributed by atoms with Crippen LogP contribution in [-0.4, -0.2) is 99.1 Å². The molecular weight excluding hydrogens is 700 g/mol. The van der Waals surface area contributed by atoms with Crippen LogP contribution in [0.3, 0.4) is 0 Å². The Hall–Kier alpha value is -3.69. The molecule has 13 nitrogen and oxygen atoms in total. The summed E-state index contributed by atoms with van der Waals surface area (Å²) in [5.41, 5.74) is 0.0973. The van der Waals surface area contributed by atoms with Crippen LogP contribution in [0.2, 0.25) is 5.02 Å². The van der Waals surface area contributed by atoms with E-state index in [4.69, 9.17) is 21.1 Å². The first-order valence-corrected chi connectivity index (χ1v) is 19.0. The highest BCUT2D eigenvalue weighted by molar-refractivity contribution is 7.87. The first-order valence-electron chi connectivity index (χ1n) is 17.2. The Morgan fingerprint density at radius 3 is 2.61 bits per heavy atom. The lowest BCUT2D eigenvalue weighted by atomic mass is 9.70. The van der Waals surface area contributed by atoms with Gasteiger partial charge in [0.15, 0.2) is 5.60 Å². The molecule has 1 fully saturated rings. The second-order valence-electron chi connectivity index (χ2n) is 13.7. The van der Waals surface area contributed by atoms with E-state index in [0.717, 1.165) is 47.5 Å². The number of carboxylic acid groups (broad SMARTS) is 1. The molecule has 2 aromatic carbocycles. The largest absolute Gasteiger partial charge is 0.487 e. The monoisotopic (exact) mass is 746 g/mol. The van der Waals surface area contributed by atoms with Crippen molar-refractivity contribution in [3.05, 3.63) is 70.3 Å². The van der Waals surface area contributed by atoms with Gasteiger partial charge in [-0.2, -0.15) is 12.7 Å². The number of halogens is 1. The fraction of sp³-hybridized carbons (Fsp3) is 0.528. The van der Waals surface area contributed by atoms with E-state index in [2.05, 4.69) is 4.90 Å². The van der Waals surface area contributed by atoms with Gasteiger partial charge in [-0.05, 0) is 91.3 Å². The van der Waals surface area contributed by atoms with Crippen LogP contribution in [0.1, 0.15) is 55.2 Å². The SMILES string of the molecule is CN1CC/C=C/[C@H](OCC(=O)O)[C@@H]2CC[C@H]2CN2CCCCc3cc(Cl)ccc3COc3ccc(cc32)[C@@](O)(C(=O)NS(=O)(=O)N(C)C)CC1=O. The van der Waals surface area contributed by atoms with Crippen molar-refractivity contribution in [1.29, 1.82) is 0 Å². The molecule has 2 aromatic rings. The van der Waals surface area contributed by atoms with Crippen LogP contribution < -0.4 is 14.4 Å². The van der Waals surface area contributed by atoms with Crippen molar-refractivity contribution in [1.82, 2.24) is 13.9 Å². The highest BCUT2D eigenvalue weighted by Crippen LogP contribution is 2.43. The van der Waals surface area contributed by atoms with E-state index in [-0.39, 0.29) is 30.6 Å². The topological polar surface area (TPSA) is 166 Å². The van der Waals surface area contributed by atoms with E-state index >= 15 is 0 Å². The number of nitrogens with zero attached hydrogens (tertiary/aromatic N) is 3. The number of aliphatic hydroxyl groups is 1. The van der Waals surface area contributed by atoms with Gasteiger partial charge >= 0.3 is 16.2 Å². The molecule has 4 atom stereocenters. The molecule has 0 unspecified atom stereocenters. The first-order chi connectivity index (χ1) is 24.2. The smallest absolute Gasteiger partial charge is 0.329 e. The van der Waals surface area contributed by atoms with Crippen LogP contribution >= 0.6 is 11.6 Å². The highest BCUT2D eigenvalue weighted by atomic mass is 35.5. The number of fused-ring (bicyclic) bond motifs is 3. The average molecular weight is 747 g/mol. The molecule has 2 bridgehead atoms. The number of amides is 2. The van der Waals surface area contributed by atoms with Gasteiger partial charge < -0.3 is 29.5 Å². The van der Waals surface area contributed by atoms with Crippen molar-refractivity contribution in [3.8, 4) is 5.75 Å². The third kappa shape index (κ3) is 9.22. The van der Waals surface area contributed by atoms with Crippen molar-refractivity contribution in [2.24, 2.45) is 11.8 Å². The number of nitrogens with one attached hydrogen (secondary N) is 1. The molecule has 3 aliphatic rings. The number of aliphatic carboxylic acids is 1. The Labute approximate surface area is 304 Å². The molecule has 2 aliphatic heterocycles. The van der Waals surface area contributed by atoms with Crippen molar-refractivity contribution in [3.63, 3.8) is 0 Å². The lowest BCUT2D eigenvalue weighted by Gasteiger charge is -2.44. The summed E-state index contributed by atoms with van der Waals surface area (Å²) in [5.74, 6) is -2.28. The standard InChI is InChI=1S/C36H47ClN4O9S/c1-39(2)51(47,48)38-35(45)36(46)20-33(42)40(3)16-6-5-9-31(50-23-34(43)44)29-14-11-25(29)21-41-17-7-4-8-24-18-28(37)13-10-26(24)22-49-32-15-12-27(36)19-30(32)41/h5,9-10,12-13,15,18-19,25,29,31,46H,4,6-8,11,14,16-17,20-23H2,1-3H3,(H,38,45)(H,43,44)/b9-5+/t25-,29+,31-,36+/m0/s1. The number of hydrogen-bond donors (Lipinski definition) is 3. The number of rotatable bonds is 6. The molecule has 1 aliphatic carbocycles. The Bertz CT molecular complexity index is 1750. The molecule has 0 spiro atoms. The summed E-state index contributed by atoms with van der Waals surface area (Å²) in [6.07, 6.45) is 7.08. The number of ether oxygens (including phenoxy) is 2. The maximum absolute atomic E-state index is 13.8. The van der Waals surface area contributed by atoms with Gasteiger partial charge in [0.1, 0.15) is 19.0 Å². The number of carbonyl (C=O) groups excluding carboxylic acids is 2. The van der Waals surface area contributed by atoms with Gasteiger partial charge in [0, 0.05) is 45.8 Å². The van der Waals surface area contributed by atoms with Gasteiger partial charge in [-0.3, -0.25) is 9.59 Å². The highest BCUT2D eigenvalue weighted by Gasteiger charge is 2.44. The molecule has 51 heavy (non-hydrogen) atoms. The van der Waals surface area contributed by atoms with E-state index in [1.54, 1.807) is 12.1 Å². The zero-order valence-corrected chi connectivity index (χ0v) is 30.8. The molecule has 2 amide bonds.